The number of unbranched alkanes of at least 4 members (excludes halogenated alkanes) is 3. The predicted octanol–water partition coefficient (Wildman–Crippen LogP) is 5.47. The first-order chi connectivity index (χ1) is 14.0. The number of Topliss-reactive ketones (excluding diaryl/α,β-unsaturated/α-hetero) is 1. The topological polar surface area (TPSA) is 75.6 Å². The van der Waals surface area contributed by atoms with Crippen LogP contribution < -0.4 is 5.32 Å². The van der Waals surface area contributed by atoms with Crippen molar-refractivity contribution in [3.63, 3.8) is 0 Å². The maximum Gasteiger partial charge on any atom is 0.335 e. The Morgan fingerprint density at radius 1 is 1.00 bits per heavy atom. The molecule has 156 valence electrons. The van der Waals surface area contributed by atoms with Crippen molar-refractivity contribution in [2.45, 2.75) is 59.1 Å². The first kappa shape index (κ1) is 22.6. The molecule has 5 nitrogen and oxygen atoms in total. The van der Waals surface area contributed by atoms with Crippen LogP contribution >= 0.6 is 0 Å². The number of benzene rings is 2. The standard InChI is InChI=1S/C24H31NO4/c1-4-6-7-8-9-18-10-12-19(13-11-18)22(26)23(29-5-2)25-21-15-14-20(24(27)28)16-17(21)3/h10-16,23,25H,4-9H2,1-3H3,(H,27,28). The van der Waals surface area contributed by atoms with Crippen LogP contribution in [-0.4, -0.2) is 29.7 Å². The first-order valence-electron chi connectivity index (χ1n) is 10.3. The van der Waals surface area contributed by atoms with Crippen LogP contribution in [0.15, 0.2) is 42.5 Å². The lowest BCUT2D eigenvalue weighted by molar-refractivity contribution is 0.0549. The quantitative estimate of drug-likeness (QED) is 0.282. The summed E-state index contributed by atoms with van der Waals surface area (Å²) < 4.78 is 5.64. The van der Waals surface area contributed by atoms with Crippen molar-refractivity contribution in [2.24, 2.45) is 0 Å². The van der Waals surface area contributed by atoms with Gasteiger partial charge in [0.25, 0.3) is 0 Å². The number of aromatic carboxylic acids is 1. The number of ketones is 1. The monoisotopic (exact) mass is 397 g/mol. The molecular formula is C24H31NO4. The second-order valence-electron chi connectivity index (χ2n) is 7.19. The van der Waals surface area contributed by atoms with E-state index in [4.69, 9.17) is 9.84 Å². The van der Waals surface area contributed by atoms with Gasteiger partial charge in [0, 0.05) is 17.9 Å². The molecular weight excluding hydrogens is 366 g/mol. The van der Waals surface area contributed by atoms with Crippen molar-refractivity contribution >= 4 is 17.4 Å². The number of nitrogens with one attached hydrogen (secondary N) is 1. The van der Waals surface area contributed by atoms with E-state index >= 15 is 0 Å². The minimum absolute atomic E-state index is 0.147. The van der Waals surface area contributed by atoms with Crippen molar-refractivity contribution < 1.29 is 19.4 Å². The fourth-order valence-electron chi connectivity index (χ4n) is 3.19. The molecule has 0 saturated carbocycles. The molecule has 0 aliphatic carbocycles. The summed E-state index contributed by atoms with van der Waals surface area (Å²) in [4.78, 5) is 24.1. The van der Waals surface area contributed by atoms with E-state index in [2.05, 4.69) is 12.2 Å². The Bertz CT molecular complexity index is 814. The first-order valence-corrected chi connectivity index (χ1v) is 10.3. The Morgan fingerprint density at radius 3 is 2.28 bits per heavy atom. The highest BCUT2D eigenvalue weighted by atomic mass is 16.5. The molecule has 0 fully saturated rings. The summed E-state index contributed by atoms with van der Waals surface area (Å²) in [5.74, 6) is -1.13. The van der Waals surface area contributed by atoms with Gasteiger partial charge in [-0.3, -0.25) is 4.79 Å². The molecule has 0 bridgehead atoms. The SMILES string of the molecule is CCCCCCc1ccc(C(=O)C(Nc2ccc(C(=O)O)cc2C)OCC)cc1. The van der Waals surface area contributed by atoms with Crippen LogP contribution in [0.1, 0.15) is 71.4 Å². The molecule has 1 atom stereocenters. The van der Waals surface area contributed by atoms with Gasteiger partial charge < -0.3 is 15.2 Å². The van der Waals surface area contributed by atoms with Gasteiger partial charge in [0.2, 0.25) is 5.78 Å². The van der Waals surface area contributed by atoms with Gasteiger partial charge in [-0.1, -0.05) is 50.5 Å². The van der Waals surface area contributed by atoms with E-state index in [0.29, 0.717) is 17.9 Å². The molecule has 2 aromatic carbocycles. The molecule has 1 unspecified atom stereocenters. The highest BCUT2D eigenvalue weighted by Gasteiger charge is 2.21. The largest absolute Gasteiger partial charge is 0.478 e. The fraction of sp³-hybridized carbons (Fsp3) is 0.417. The highest BCUT2D eigenvalue weighted by molar-refractivity contribution is 6.01. The number of carbonyl (C=O) groups is 2. The minimum atomic E-state index is -0.980. The number of hydrogen-bond donors (Lipinski definition) is 2. The molecule has 0 saturated heterocycles. The van der Waals surface area contributed by atoms with E-state index in [1.54, 1.807) is 19.1 Å². The smallest absolute Gasteiger partial charge is 0.335 e. The highest BCUT2D eigenvalue weighted by Crippen LogP contribution is 2.20. The van der Waals surface area contributed by atoms with E-state index in [1.165, 1.54) is 30.9 Å². The number of anilines is 1. The Morgan fingerprint density at radius 2 is 1.69 bits per heavy atom. The molecule has 0 spiro atoms. The van der Waals surface area contributed by atoms with Crippen molar-refractivity contribution in [3.8, 4) is 0 Å². The molecule has 0 aromatic heterocycles. The van der Waals surface area contributed by atoms with Gasteiger partial charge in [-0.25, -0.2) is 4.79 Å². The molecule has 2 rings (SSSR count). The Kier molecular flexibility index (Phi) is 8.87. The van der Waals surface area contributed by atoms with Gasteiger partial charge in [0.1, 0.15) is 0 Å². The summed E-state index contributed by atoms with van der Waals surface area (Å²) in [6, 6.07) is 12.5. The summed E-state index contributed by atoms with van der Waals surface area (Å²) in [6.45, 7) is 6.22. The zero-order chi connectivity index (χ0) is 21.2. The minimum Gasteiger partial charge on any atom is -0.478 e. The zero-order valence-corrected chi connectivity index (χ0v) is 17.5. The third kappa shape index (κ3) is 6.71. The summed E-state index contributed by atoms with van der Waals surface area (Å²) in [7, 11) is 0. The van der Waals surface area contributed by atoms with Crippen molar-refractivity contribution in [3.05, 3.63) is 64.7 Å². The molecule has 5 heteroatoms. The van der Waals surface area contributed by atoms with Crippen LogP contribution in [0.25, 0.3) is 0 Å². The number of ether oxygens (including phenoxy) is 1. The lowest BCUT2D eigenvalue weighted by Gasteiger charge is -2.20. The fourth-order valence-corrected chi connectivity index (χ4v) is 3.19. The predicted molar refractivity (Wildman–Crippen MR) is 116 cm³/mol. The number of rotatable bonds is 12. The van der Waals surface area contributed by atoms with Crippen LogP contribution in [0.3, 0.4) is 0 Å². The van der Waals surface area contributed by atoms with Crippen LogP contribution in [0.4, 0.5) is 5.69 Å². The number of aryl methyl sites for hydroxylation is 2. The Labute approximate surface area is 173 Å². The van der Waals surface area contributed by atoms with Gasteiger partial charge in [0.05, 0.1) is 5.56 Å². The number of carboxylic acids is 1. The van der Waals surface area contributed by atoms with E-state index < -0.39 is 12.2 Å². The van der Waals surface area contributed by atoms with Crippen molar-refractivity contribution in [1.82, 2.24) is 0 Å². The van der Waals surface area contributed by atoms with Gasteiger partial charge in [-0.2, -0.15) is 0 Å². The van der Waals surface area contributed by atoms with Crippen LogP contribution in [0.5, 0.6) is 0 Å². The van der Waals surface area contributed by atoms with Gasteiger partial charge in [-0.05, 0) is 56.0 Å². The lowest BCUT2D eigenvalue weighted by atomic mass is 10.0. The third-order valence-corrected chi connectivity index (χ3v) is 4.89. The van der Waals surface area contributed by atoms with Gasteiger partial charge in [-0.15, -0.1) is 0 Å². The van der Waals surface area contributed by atoms with Crippen molar-refractivity contribution in [1.29, 1.82) is 0 Å². The molecule has 0 amide bonds. The summed E-state index contributed by atoms with van der Waals surface area (Å²) in [6.07, 6.45) is 5.06. The normalized spacial score (nSPS) is 11.8. The molecule has 29 heavy (non-hydrogen) atoms. The number of carbonyl (C=O) groups excluding carboxylic acids is 1. The lowest BCUT2D eigenvalue weighted by Crippen LogP contribution is -2.33. The van der Waals surface area contributed by atoms with Crippen LogP contribution in [0.2, 0.25) is 0 Å². The average molecular weight is 398 g/mol. The molecule has 0 radical (unpaired) electrons. The molecule has 0 aliphatic rings. The average Bonchev–Trinajstić information content (AvgIpc) is 2.72. The number of hydrogen-bond acceptors (Lipinski definition) is 4. The number of carboxylic acid groups (broad SMARTS) is 1. The Hall–Kier alpha value is -2.66. The van der Waals surface area contributed by atoms with Gasteiger partial charge in [0.15, 0.2) is 6.23 Å². The summed E-state index contributed by atoms with van der Waals surface area (Å²) in [5, 5.41) is 12.2. The van der Waals surface area contributed by atoms with E-state index in [0.717, 1.165) is 18.4 Å². The van der Waals surface area contributed by atoms with E-state index in [9.17, 15) is 9.59 Å². The molecule has 2 N–H and O–H groups in total. The van der Waals surface area contributed by atoms with Crippen LogP contribution in [-0.2, 0) is 11.2 Å². The molecule has 2 aromatic rings. The summed E-state index contributed by atoms with van der Waals surface area (Å²) in [5.41, 5.74) is 3.45. The second-order valence-corrected chi connectivity index (χ2v) is 7.19. The molecule has 0 heterocycles. The van der Waals surface area contributed by atoms with E-state index in [1.807, 2.05) is 31.2 Å². The Balaban J connectivity index is 2.08. The summed E-state index contributed by atoms with van der Waals surface area (Å²) >= 11 is 0. The van der Waals surface area contributed by atoms with E-state index in [-0.39, 0.29) is 11.3 Å². The maximum absolute atomic E-state index is 13.0. The zero-order valence-electron chi connectivity index (χ0n) is 17.5. The second kappa shape index (κ2) is 11.4. The van der Waals surface area contributed by atoms with Crippen LogP contribution in [0, 0.1) is 6.92 Å². The molecule has 0 aliphatic heterocycles. The maximum atomic E-state index is 13.0. The third-order valence-electron chi connectivity index (χ3n) is 4.89. The van der Waals surface area contributed by atoms with Crippen molar-refractivity contribution in [2.75, 3.05) is 11.9 Å². The van der Waals surface area contributed by atoms with Gasteiger partial charge >= 0.3 is 5.97 Å².